The molecule has 0 radical (unpaired) electrons. The van der Waals surface area contributed by atoms with Crippen molar-refractivity contribution in [3.8, 4) is 5.75 Å². The molecule has 2 N–H and O–H groups in total. The number of nitrogens with zero attached hydrogens (tertiary/aromatic N) is 1. The zero-order valence-corrected chi connectivity index (χ0v) is 9.21. The van der Waals surface area contributed by atoms with Crippen LogP contribution in [0, 0.1) is 0 Å². The third kappa shape index (κ3) is 2.37. The summed E-state index contributed by atoms with van der Waals surface area (Å²) in [6.07, 6.45) is 0.763. The van der Waals surface area contributed by atoms with Crippen molar-refractivity contribution < 1.29 is 15.0 Å². The van der Waals surface area contributed by atoms with Crippen molar-refractivity contribution >= 4 is 6.29 Å². The number of phenols is 1. The Hall–Kier alpha value is -2.07. The van der Waals surface area contributed by atoms with Crippen LogP contribution in [0.5, 0.6) is 5.75 Å². The van der Waals surface area contributed by atoms with Crippen LogP contribution in [0.25, 0.3) is 0 Å². The first-order valence-corrected chi connectivity index (χ1v) is 5.27. The minimum absolute atomic E-state index is 0.105. The van der Waals surface area contributed by atoms with Gasteiger partial charge in [0.2, 0.25) is 0 Å². The van der Waals surface area contributed by atoms with Crippen LogP contribution in [0.1, 0.15) is 21.7 Å². The van der Waals surface area contributed by atoms with Gasteiger partial charge in [-0.15, -0.1) is 0 Å². The van der Waals surface area contributed by atoms with E-state index >= 15 is 0 Å². The number of aliphatic hydroxyl groups is 1. The maximum Gasteiger partial charge on any atom is 0.166 e. The third-order valence-electron chi connectivity index (χ3n) is 2.66. The lowest BCUT2D eigenvalue weighted by Gasteiger charge is -2.09. The van der Waals surface area contributed by atoms with Crippen molar-refractivity contribution in [2.45, 2.75) is 13.2 Å². The van der Waals surface area contributed by atoms with Crippen LogP contribution in [-0.2, 0) is 13.2 Å². The highest BCUT2D eigenvalue weighted by atomic mass is 16.3. The number of hydrogen-bond acceptors (Lipinski definition) is 3. The second-order valence-electron chi connectivity index (χ2n) is 3.78. The van der Waals surface area contributed by atoms with Crippen LogP contribution >= 0.6 is 0 Å². The van der Waals surface area contributed by atoms with Crippen LogP contribution in [0.15, 0.2) is 36.4 Å². The number of aliphatic hydroxyl groups excluding tert-OH is 1. The molecular formula is C13H13NO3. The fraction of sp³-hybridized carbons (Fsp3) is 0.154. The highest BCUT2D eigenvalue weighted by molar-refractivity contribution is 5.72. The lowest BCUT2D eigenvalue weighted by Crippen LogP contribution is -2.07. The number of aromatic nitrogens is 1. The molecule has 2 aromatic rings. The summed E-state index contributed by atoms with van der Waals surface area (Å²) in [5, 5.41) is 18.4. The Kier molecular flexibility index (Phi) is 3.25. The lowest BCUT2D eigenvalue weighted by atomic mass is 10.2. The number of aromatic hydroxyl groups is 1. The third-order valence-corrected chi connectivity index (χ3v) is 2.66. The fourth-order valence-electron chi connectivity index (χ4n) is 1.75. The number of phenolic OH excluding ortho intramolecular Hbond substituents is 1. The highest BCUT2D eigenvalue weighted by Gasteiger charge is 2.07. The molecule has 4 nitrogen and oxygen atoms in total. The molecule has 2 rings (SSSR count). The van der Waals surface area contributed by atoms with Gasteiger partial charge in [-0.2, -0.15) is 0 Å². The SMILES string of the molecule is O=Cc1ccc(CO)n1Cc1ccc(O)cc1. The molecular weight excluding hydrogens is 218 g/mol. The number of carbonyl (C=O) groups is 1. The summed E-state index contributed by atoms with van der Waals surface area (Å²) in [7, 11) is 0. The summed E-state index contributed by atoms with van der Waals surface area (Å²) in [5.74, 6) is 0.208. The van der Waals surface area contributed by atoms with Gasteiger partial charge in [-0.1, -0.05) is 12.1 Å². The predicted molar refractivity (Wildman–Crippen MR) is 63.0 cm³/mol. The summed E-state index contributed by atoms with van der Waals surface area (Å²) in [6, 6.07) is 10.2. The molecule has 0 spiro atoms. The number of hydrogen-bond donors (Lipinski definition) is 2. The number of benzene rings is 1. The van der Waals surface area contributed by atoms with E-state index in [9.17, 15) is 15.0 Å². The summed E-state index contributed by atoms with van der Waals surface area (Å²) in [6.45, 7) is 0.392. The molecule has 0 aliphatic rings. The molecule has 0 saturated heterocycles. The summed E-state index contributed by atoms with van der Waals surface area (Å²) >= 11 is 0. The van der Waals surface area contributed by atoms with Crippen LogP contribution in [-0.4, -0.2) is 21.1 Å². The predicted octanol–water partition coefficient (Wildman–Crippen LogP) is 1.55. The van der Waals surface area contributed by atoms with E-state index in [-0.39, 0.29) is 12.4 Å². The van der Waals surface area contributed by atoms with Gasteiger partial charge in [0.25, 0.3) is 0 Å². The van der Waals surface area contributed by atoms with Crippen molar-refractivity contribution in [1.29, 1.82) is 0 Å². The van der Waals surface area contributed by atoms with Gasteiger partial charge in [0.05, 0.1) is 12.3 Å². The monoisotopic (exact) mass is 231 g/mol. The quantitative estimate of drug-likeness (QED) is 0.785. The van der Waals surface area contributed by atoms with E-state index in [1.54, 1.807) is 41.0 Å². The van der Waals surface area contributed by atoms with Crippen molar-refractivity contribution in [2.75, 3.05) is 0 Å². The van der Waals surface area contributed by atoms with E-state index in [2.05, 4.69) is 0 Å². The zero-order valence-electron chi connectivity index (χ0n) is 9.21. The van der Waals surface area contributed by atoms with Crippen molar-refractivity contribution in [2.24, 2.45) is 0 Å². The summed E-state index contributed by atoms with van der Waals surface area (Å²) < 4.78 is 1.75. The smallest absolute Gasteiger partial charge is 0.166 e. The maximum absolute atomic E-state index is 10.9. The molecule has 88 valence electrons. The molecule has 0 aliphatic heterocycles. The lowest BCUT2D eigenvalue weighted by molar-refractivity contribution is 0.111. The molecule has 17 heavy (non-hydrogen) atoms. The Bertz CT molecular complexity index is 514. The van der Waals surface area contributed by atoms with Crippen LogP contribution in [0.3, 0.4) is 0 Å². The van der Waals surface area contributed by atoms with E-state index in [0.29, 0.717) is 17.9 Å². The minimum atomic E-state index is -0.105. The van der Waals surface area contributed by atoms with E-state index in [1.807, 2.05) is 0 Å². The van der Waals surface area contributed by atoms with E-state index in [1.165, 1.54) is 0 Å². The van der Waals surface area contributed by atoms with Gasteiger partial charge in [0, 0.05) is 12.2 Å². The van der Waals surface area contributed by atoms with E-state index in [0.717, 1.165) is 11.8 Å². The van der Waals surface area contributed by atoms with Gasteiger partial charge in [0.15, 0.2) is 6.29 Å². The molecule has 4 heteroatoms. The van der Waals surface area contributed by atoms with E-state index < -0.39 is 0 Å². The van der Waals surface area contributed by atoms with Crippen LogP contribution < -0.4 is 0 Å². The molecule has 0 bridgehead atoms. The molecule has 0 atom stereocenters. The molecule has 0 unspecified atom stereocenters. The van der Waals surface area contributed by atoms with Gasteiger partial charge >= 0.3 is 0 Å². The maximum atomic E-state index is 10.9. The first-order chi connectivity index (χ1) is 8.24. The first-order valence-electron chi connectivity index (χ1n) is 5.27. The second kappa shape index (κ2) is 4.84. The van der Waals surface area contributed by atoms with Gasteiger partial charge in [-0.25, -0.2) is 0 Å². The van der Waals surface area contributed by atoms with E-state index in [4.69, 9.17) is 0 Å². The Morgan fingerprint density at radius 2 is 1.82 bits per heavy atom. The minimum Gasteiger partial charge on any atom is -0.508 e. The van der Waals surface area contributed by atoms with Crippen LogP contribution in [0.4, 0.5) is 0 Å². The van der Waals surface area contributed by atoms with Gasteiger partial charge in [-0.05, 0) is 29.8 Å². The first kappa shape index (κ1) is 11.4. The molecule has 1 aromatic carbocycles. The molecule has 0 fully saturated rings. The summed E-state index contributed by atoms with van der Waals surface area (Å²) in [5.41, 5.74) is 2.18. The average molecular weight is 231 g/mol. The Morgan fingerprint density at radius 3 is 2.41 bits per heavy atom. The molecule has 0 aliphatic carbocycles. The second-order valence-corrected chi connectivity index (χ2v) is 3.78. The van der Waals surface area contributed by atoms with Gasteiger partial charge in [0.1, 0.15) is 5.75 Å². The number of rotatable bonds is 4. The van der Waals surface area contributed by atoms with Gasteiger partial charge in [-0.3, -0.25) is 4.79 Å². The normalized spacial score (nSPS) is 10.4. The fourth-order valence-corrected chi connectivity index (χ4v) is 1.75. The topological polar surface area (TPSA) is 62.5 Å². The Morgan fingerprint density at radius 1 is 1.12 bits per heavy atom. The Labute approximate surface area is 98.8 Å². The van der Waals surface area contributed by atoms with Crippen molar-refractivity contribution in [3.63, 3.8) is 0 Å². The molecule has 0 amide bonds. The standard InChI is InChI=1S/C13H13NO3/c15-8-11-3-4-12(9-16)14(11)7-10-1-5-13(17)6-2-10/h1-6,8,16-17H,7,9H2. The summed E-state index contributed by atoms with van der Waals surface area (Å²) in [4.78, 5) is 10.9. The van der Waals surface area contributed by atoms with Crippen LogP contribution in [0.2, 0.25) is 0 Å². The molecule has 0 saturated carbocycles. The highest BCUT2D eigenvalue weighted by Crippen LogP contribution is 2.14. The number of carbonyl (C=O) groups excluding carboxylic acids is 1. The average Bonchev–Trinajstić information content (AvgIpc) is 2.74. The molecule has 1 aromatic heterocycles. The van der Waals surface area contributed by atoms with Gasteiger partial charge < -0.3 is 14.8 Å². The Balaban J connectivity index is 2.31. The number of aldehydes is 1. The zero-order chi connectivity index (χ0) is 12.3. The van der Waals surface area contributed by atoms with Crippen molar-refractivity contribution in [1.82, 2.24) is 4.57 Å². The largest absolute Gasteiger partial charge is 0.508 e. The van der Waals surface area contributed by atoms with Crippen molar-refractivity contribution in [3.05, 3.63) is 53.3 Å². The molecule has 1 heterocycles.